The van der Waals surface area contributed by atoms with E-state index in [4.69, 9.17) is 0 Å². The molecule has 0 heterocycles. The largest absolute Gasteiger partial charge is 0.382 e. The summed E-state index contributed by atoms with van der Waals surface area (Å²) in [5, 5.41) is 3.45. The van der Waals surface area contributed by atoms with Crippen molar-refractivity contribution in [2.45, 2.75) is 43.4 Å². The molecule has 1 nitrogen and oxygen atoms in total. The van der Waals surface area contributed by atoms with Gasteiger partial charge in [0.1, 0.15) is 0 Å². The Bertz CT molecular complexity index is 372. The number of benzene rings is 1. The summed E-state index contributed by atoms with van der Waals surface area (Å²) in [6.45, 7) is 4.52. The lowest BCUT2D eigenvalue weighted by molar-refractivity contribution is 0.212. The van der Waals surface area contributed by atoms with Gasteiger partial charge in [-0.2, -0.15) is 8.78 Å². The Morgan fingerprint density at radius 2 is 1.78 bits per heavy atom. The monoisotopic (exact) mass is 271 g/mol. The van der Waals surface area contributed by atoms with E-state index in [0.29, 0.717) is 22.7 Å². The Balaban J connectivity index is 1.81. The normalized spacial score (nSPS) is 23.2. The van der Waals surface area contributed by atoms with Crippen LogP contribution in [0.15, 0.2) is 29.2 Å². The van der Waals surface area contributed by atoms with Crippen LogP contribution in [-0.2, 0) is 0 Å². The van der Waals surface area contributed by atoms with Crippen LogP contribution in [0.2, 0.25) is 0 Å². The first-order valence-electron chi connectivity index (χ1n) is 6.36. The van der Waals surface area contributed by atoms with Gasteiger partial charge in [0.2, 0.25) is 0 Å². The molecular formula is C14H19F2NS. The van der Waals surface area contributed by atoms with E-state index in [1.54, 1.807) is 12.1 Å². The molecule has 1 N–H and O–H groups in total. The zero-order chi connectivity index (χ0) is 13.1. The van der Waals surface area contributed by atoms with Gasteiger partial charge < -0.3 is 5.32 Å². The Kier molecular flexibility index (Phi) is 4.49. The molecule has 2 rings (SSSR count). The van der Waals surface area contributed by atoms with E-state index in [1.807, 2.05) is 12.1 Å². The second-order valence-electron chi connectivity index (χ2n) is 5.22. The Hall–Kier alpha value is -0.770. The lowest BCUT2D eigenvalue weighted by atomic mass is 9.73. The van der Waals surface area contributed by atoms with E-state index in [1.165, 1.54) is 12.8 Å². The topological polar surface area (TPSA) is 12.0 Å². The summed E-state index contributed by atoms with van der Waals surface area (Å²) in [5.74, 6) is -0.758. The van der Waals surface area contributed by atoms with Crippen LogP contribution in [0.1, 0.15) is 26.7 Å². The van der Waals surface area contributed by atoms with Crippen molar-refractivity contribution in [1.82, 2.24) is 0 Å². The van der Waals surface area contributed by atoms with Gasteiger partial charge in [0, 0.05) is 16.6 Å². The predicted octanol–water partition coefficient (Wildman–Crippen LogP) is 4.85. The maximum Gasteiger partial charge on any atom is 0.288 e. The second kappa shape index (κ2) is 5.91. The SMILES string of the molecule is CC(C)C1CC(Nc2ccc(SC(F)F)cc2)C1. The van der Waals surface area contributed by atoms with Gasteiger partial charge in [-0.1, -0.05) is 25.6 Å². The van der Waals surface area contributed by atoms with Crippen molar-refractivity contribution in [1.29, 1.82) is 0 Å². The van der Waals surface area contributed by atoms with Crippen LogP contribution in [-0.4, -0.2) is 11.8 Å². The molecular weight excluding hydrogens is 252 g/mol. The van der Waals surface area contributed by atoms with Gasteiger partial charge in [0.25, 0.3) is 5.76 Å². The van der Waals surface area contributed by atoms with Crippen LogP contribution >= 0.6 is 11.8 Å². The van der Waals surface area contributed by atoms with Crippen LogP contribution in [0.4, 0.5) is 14.5 Å². The molecule has 0 radical (unpaired) electrons. The number of hydrogen-bond donors (Lipinski definition) is 1. The fraction of sp³-hybridized carbons (Fsp3) is 0.571. The maximum absolute atomic E-state index is 12.2. The summed E-state index contributed by atoms with van der Waals surface area (Å²) in [6, 6.07) is 7.81. The third-order valence-corrected chi connectivity index (χ3v) is 4.29. The van der Waals surface area contributed by atoms with E-state index in [2.05, 4.69) is 19.2 Å². The highest BCUT2D eigenvalue weighted by molar-refractivity contribution is 7.99. The summed E-state index contributed by atoms with van der Waals surface area (Å²) in [5.41, 5.74) is 1.03. The summed E-state index contributed by atoms with van der Waals surface area (Å²) in [7, 11) is 0. The molecule has 0 atom stereocenters. The van der Waals surface area contributed by atoms with E-state index < -0.39 is 5.76 Å². The molecule has 18 heavy (non-hydrogen) atoms. The third kappa shape index (κ3) is 3.61. The number of alkyl halides is 2. The van der Waals surface area contributed by atoms with Crippen LogP contribution in [0, 0.1) is 11.8 Å². The predicted molar refractivity (Wildman–Crippen MR) is 73.3 cm³/mol. The van der Waals surface area contributed by atoms with E-state index in [0.717, 1.165) is 17.5 Å². The minimum absolute atomic E-state index is 0.547. The summed E-state index contributed by atoms with van der Waals surface area (Å²) < 4.78 is 24.3. The van der Waals surface area contributed by atoms with Crippen molar-refractivity contribution in [3.8, 4) is 0 Å². The number of nitrogens with one attached hydrogen (secondary N) is 1. The average Bonchev–Trinajstić information content (AvgIpc) is 2.23. The van der Waals surface area contributed by atoms with Crippen LogP contribution in [0.5, 0.6) is 0 Å². The number of halogens is 2. The van der Waals surface area contributed by atoms with E-state index >= 15 is 0 Å². The van der Waals surface area contributed by atoms with Crippen LogP contribution in [0.25, 0.3) is 0 Å². The van der Waals surface area contributed by atoms with Crippen molar-refractivity contribution < 1.29 is 8.78 Å². The summed E-state index contributed by atoms with van der Waals surface area (Å²) >= 11 is 0.589. The molecule has 1 aromatic rings. The molecule has 100 valence electrons. The maximum atomic E-state index is 12.2. The molecule has 1 fully saturated rings. The van der Waals surface area contributed by atoms with Crippen LogP contribution < -0.4 is 5.32 Å². The van der Waals surface area contributed by atoms with Gasteiger partial charge in [0.15, 0.2) is 0 Å². The first-order valence-corrected chi connectivity index (χ1v) is 7.24. The van der Waals surface area contributed by atoms with Crippen molar-refractivity contribution in [2.24, 2.45) is 11.8 Å². The average molecular weight is 271 g/mol. The van der Waals surface area contributed by atoms with Crippen molar-refractivity contribution in [2.75, 3.05) is 5.32 Å². The molecule has 4 heteroatoms. The minimum atomic E-state index is -2.35. The Labute approximate surface area is 111 Å². The van der Waals surface area contributed by atoms with Gasteiger partial charge in [-0.05, 0) is 48.9 Å². The molecule has 1 aromatic carbocycles. The molecule has 0 unspecified atom stereocenters. The smallest absolute Gasteiger partial charge is 0.288 e. The number of anilines is 1. The lowest BCUT2D eigenvalue weighted by Gasteiger charge is -2.39. The quantitative estimate of drug-likeness (QED) is 0.768. The fourth-order valence-electron chi connectivity index (χ4n) is 2.29. The van der Waals surface area contributed by atoms with Crippen molar-refractivity contribution in [3.05, 3.63) is 24.3 Å². The Morgan fingerprint density at radius 3 is 2.28 bits per heavy atom. The molecule has 1 aliphatic rings. The molecule has 0 saturated heterocycles. The molecule has 0 bridgehead atoms. The van der Waals surface area contributed by atoms with E-state index in [-0.39, 0.29) is 0 Å². The van der Waals surface area contributed by atoms with Gasteiger partial charge in [-0.3, -0.25) is 0 Å². The highest BCUT2D eigenvalue weighted by Gasteiger charge is 2.30. The molecule has 0 amide bonds. The van der Waals surface area contributed by atoms with E-state index in [9.17, 15) is 8.78 Å². The summed E-state index contributed by atoms with van der Waals surface area (Å²) in [4.78, 5) is 0.615. The zero-order valence-electron chi connectivity index (χ0n) is 10.7. The number of rotatable bonds is 5. The fourth-order valence-corrected chi connectivity index (χ4v) is 2.79. The third-order valence-electron chi connectivity index (χ3n) is 3.57. The molecule has 1 aliphatic carbocycles. The number of thioether (sulfide) groups is 1. The number of hydrogen-bond acceptors (Lipinski definition) is 2. The van der Waals surface area contributed by atoms with Crippen molar-refractivity contribution in [3.63, 3.8) is 0 Å². The standard InChI is InChI=1S/C14H19F2NS/c1-9(2)10-7-12(8-10)17-11-3-5-13(6-4-11)18-14(15)16/h3-6,9-10,12,14,17H,7-8H2,1-2H3. The van der Waals surface area contributed by atoms with Crippen molar-refractivity contribution >= 4 is 17.4 Å². The van der Waals surface area contributed by atoms with Crippen LogP contribution in [0.3, 0.4) is 0 Å². The first kappa shape index (κ1) is 13.7. The minimum Gasteiger partial charge on any atom is -0.382 e. The zero-order valence-corrected chi connectivity index (χ0v) is 11.5. The van der Waals surface area contributed by atoms with Gasteiger partial charge in [0.05, 0.1) is 0 Å². The molecule has 1 saturated carbocycles. The first-order chi connectivity index (χ1) is 8.54. The highest BCUT2D eigenvalue weighted by atomic mass is 32.2. The molecule has 0 aliphatic heterocycles. The molecule has 0 spiro atoms. The molecule has 0 aromatic heterocycles. The summed E-state index contributed by atoms with van der Waals surface area (Å²) in [6.07, 6.45) is 2.43. The lowest BCUT2D eigenvalue weighted by Crippen LogP contribution is -2.37. The Morgan fingerprint density at radius 1 is 1.17 bits per heavy atom. The second-order valence-corrected chi connectivity index (χ2v) is 6.28. The highest BCUT2D eigenvalue weighted by Crippen LogP contribution is 2.35. The van der Waals surface area contributed by atoms with Gasteiger partial charge in [-0.15, -0.1) is 0 Å². The van der Waals surface area contributed by atoms with Gasteiger partial charge in [-0.25, -0.2) is 0 Å². The van der Waals surface area contributed by atoms with Gasteiger partial charge >= 0.3 is 0 Å².